The molecular formula is C14H18N4O3. The predicted octanol–water partition coefficient (Wildman–Crippen LogP) is 1.52. The summed E-state index contributed by atoms with van der Waals surface area (Å²) in [6.45, 7) is 1.81. The molecule has 0 saturated heterocycles. The molecule has 3 N–H and O–H groups in total. The zero-order valence-electron chi connectivity index (χ0n) is 11.8. The lowest BCUT2D eigenvalue weighted by atomic mass is 10.0. The molecule has 3 rings (SSSR count). The fourth-order valence-electron chi connectivity index (χ4n) is 2.69. The van der Waals surface area contributed by atoms with Gasteiger partial charge in [0.25, 0.3) is 0 Å². The van der Waals surface area contributed by atoms with Crippen molar-refractivity contribution < 1.29 is 14.4 Å². The topological polar surface area (TPSA) is 104 Å². The molecule has 2 heterocycles. The highest BCUT2D eigenvalue weighted by Gasteiger charge is 2.26. The van der Waals surface area contributed by atoms with Crippen molar-refractivity contribution >= 4 is 11.7 Å². The number of aliphatic hydroxyl groups is 1. The number of aliphatic hydroxyl groups excluding tert-OH is 1. The van der Waals surface area contributed by atoms with Gasteiger partial charge in [0.1, 0.15) is 11.6 Å². The van der Waals surface area contributed by atoms with Gasteiger partial charge in [0, 0.05) is 18.1 Å². The molecule has 1 fully saturated rings. The number of hydrogen-bond acceptors (Lipinski definition) is 5. The molecule has 0 aromatic carbocycles. The van der Waals surface area contributed by atoms with E-state index in [0.717, 1.165) is 30.7 Å². The summed E-state index contributed by atoms with van der Waals surface area (Å²) in [5.41, 5.74) is 1.64. The highest BCUT2D eigenvalue weighted by molar-refractivity contribution is 5.91. The zero-order valence-corrected chi connectivity index (χ0v) is 11.8. The summed E-state index contributed by atoms with van der Waals surface area (Å²) in [5.74, 6) is 1.17. The molecule has 7 heteroatoms. The minimum absolute atomic E-state index is 0.136. The first-order valence-corrected chi connectivity index (χ1v) is 7.05. The van der Waals surface area contributed by atoms with E-state index in [-0.39, 0.29) is 24.3 Å². The Kier molecular flexibility index (Phi) is 3.74. The minimum atomic E-state index is -0.237. The molecule has 1 amide bonds. The van der Waals surface area contributed by atoms with E-state index in [4.69, 9.17) is 4.52 Å². The Balaban J connectivity index is 1.58. The van der Waals surface area contributed by atoms with Crippen LogP contribution in [0.3, 0.4) is 0 Å². The van der Waals surface area contributed by atoms with Gasteiger partial charge in [-0.05, 0) is 26.2 Å². The maximum atomic E-state index is 11.9. The molecule has 0 radical (unpaired) electrons. The van der Waals surface area contributed by atoms with E-state index in [2.05, 4.69) is 20.7 Å². The Hall–Kier alpha value is -2.15. The summed E-state index contributed by atoms with van der Waals surface area (Å²) >= 11 is 0. The average Bonchev–Trinajstić information content (AvgIpc) is 3.12. The largest absolute Gasteiger partial charge is 0.393 e. The number of nitrogens with one attached hydrogen (secondary N) is 2. The van der Waals surface area contributed by atoms with Crippen molar-refractivity contribution in [2.75, 3.05) is 5.32 Å². The number of H-pyrrole nitrogens is 1. The van der Waals surface area contributed by atoms with Crippen molar-refractivity contribution in [1.82, 2.24) is 15.4 Å². The fraction of sp³-hybridized carbons (Fsp3) is 0.500. The monoisotopic (exact) mass is 290 g/mol. The van der Waals surface area contributed by atoms with Gasteiger partial charge in [-0.25, -0.2) is 0 Å². The molecule has 0 bridgehead atoms. The van der Waals surface area contributed by atoms with Crippen LogP contribution in [0.25, 0.3) is 0 Å². The van der Waals surface area contributed by atoms with E-state index in [1.165, 1.54) is 0 Å². The fourth-order valence-corrected chi connectivity index (χ4v) is 2.69. The summed E-state index contributed by atoms with van der Waals surface area (Å²) in [5, 5.41) is 23.1. The number of aryl methyl sites for hydroxylation is 1. The van der Waals surface area contributed by atoms with E-state index in [1.807, 2.05) is 13.0 Å². The van der Waals surface area contributed by atoms with Gasteiger partial charge in [0.2, 0.25) is 5.91 Å². The van der Waals surface area contributed by atoms with Crippen molar-refractivity contribution in [2.24, 2.45) is 0 Å². The normalized spacial score (nSPS) is 21.6. The van der Waals surface area contributed by atoms with Gasteiger partial charge in [-0.1, -0.05) is 5.16 Å². The Morgan fingerprint density at radius 3 is 3.05 bits per heavy atom. The molecule has 0 aliphatic heterocycles. The van der Waals surface area contributed by atoms with Crippen LogP contribution >= 0.6 is 0 Å². The quantitative estimate of drug-likeness (QED) is 0.792. The predicted molar refractivity (Wildman–Crippen MR) is 74.8 cm³/mol. The summed E-state index contributed by atoms with van der Waals surface area (Å²) in [7, 11) is 0. The van der Waals surface area contributed by atoms with E-state index >= 15 is 0 Å². The SMILES string of the molecule is Cc1cc(CC(=O)Nc2cc([C@H]3CC[C@H](O)C3)n[nH]2)on1. The lowest BCUT2D eigenvalue weighted by Gasteiger charge is -2.03. The molecule has 21 heavy (non-hydrogen) atoms. The summed E-state index contributed by atoms with van der Waals surface area (Å²) in [4.78, 5) is 11.9. The summed E-state index contributed by atoms with van der Waals surface area (Å²) in [6.07, 6.45) is 2.37. The number of carbonyl (C=O) groups is 1. The van der Waals surface area contributed by atoms with Crippen LogP contribution in [-0.2, 0) is 11.2 Å². The van der Waals surface area contributed by atoms with E-state index in [1.54, 1.807) is 6.07 Å². The van der Waals surface area contributed by atoms with Crippen molar-refractivity contribution in [3.63, 3.8) is 0 Å². The molecule has 1 saturated carbocycles. The molecule has 1 aliphatic rings. The van der Waals surface area contributed by atoms with Crippen LogP contribution in [-0.4, -0.2) is 32.5 Å². The van der Waals surface area contributed by atoms with E-state index < -0.39 is 0 Å². The van der Waals surface area contributed by atoms with Gasteiger partial charge in [-0.3, -0.25) is 9.89 Å². The Labute approximate surface area is 121 Å². The van der Waals surface area contributed by atoms with Gasteiger partial charge < -0.3 is 14.9 Å². The molecule has 7 nitrogen and oxygen atoms in total. The highest BCUT2D eigenvalue weighted by atomic mass is 16.5. The maximum Gasteiger partial charge on any atom is 0.233 e. The van der Waals surface area contributed by atoms with Crippen molar-refractivity contribution in [3.8, 4) is 0 Å². The molecule has 112 valence electrons. The van der Waals surface area contributed by atoms with Crippen LogP contribution in [0.4, 0.5) is 5.82 Å². The van der Waals surface area contributed by atoms with Gasteiger partial charge in [-0.2, -0.15) is 5.10 Å². The minimum Gasteiger partial charge on any atom is -0.393 e. The standard InChI is InChI=1S/C14H18N4O3/c1-8-4-11(21-18-8)6-14(20)15-13-7-12(16-17-13)9-2-3-10(19)5-9/h4,7,9-10,19H,2-3,5-6H2,1H3,(H2,15,16,17,20)/t9-,10-/m0/s1. The van der Waals surface area contributed by atoms with Crippen molar-refractivity contribution in [3.05, 3.63) is 29.3 Å². The molecule has 2 aromatic rings. The van der Waals surface area contributed by atoms with Crippen molar-refractivity contribution in [2.45, 2.75) is 44.6 Å². The van der Waals surface area contributed by atoms with Crippen LogP contribution in [0.15, 0.2) is 16.7 Å². The van der Waals surface area contributed by atoms with E-state index in [9.17, 15) is 9.90 Å². The van der Waals surface area contributed by atoms with Gasteiger partial charge in [0.15, 0.2) is 0 Å². The Bertz CT molecular complexity index is 634. The molecule has 0 spiro atoms. The van der Waals surface area contributed by atoms with Crippen LogP contribution in [0.2, 0.25) is 0 Å². The average molecular weight is 290 g/mol. The molecule has 1 aliphatic carbocycles. The number of aromatic nitrogens is 3. The van der Waals surface area contributed by atoms with Gasteiger partial charge in [-0.15, -0.1) is 0 Å². The third-order valence-electron chi connectivity index (χ3n) is 3.71. The number of aromatic amines is 1. The Morgan fingerprint density at radius 1 is 1.52 bits per heavy atom. The molecule has 2 atom stereocenters. The van der Waals surface area contributed by atoms with Gasteiger partial charge in [0.05, 0.1) is 23.9 Å². The molecular weight excluding hydrogens is 272 g/mol. The highest BCUT2D eigenvalue weighted by Crippen LogP contribution is 2.34. The number of hydrogen-bond donors (Lipinski definition) is 3. The van der Waals surface area contributed by atoms with Gasteiger partial charge >= 0.3 is 0 Å². The van der Waals surface area contributed by atoms with Crippen LogP contribution in [0, 0.1) is 6.92 Å². The number of anilines is 1. The third-order valence-corrected chi connectivity index (χ3v) is 3.71. The Morgan fingerprint density at radius 2 is 2.38 bits per heavy atom. The first-order valence-electron chi connectivity index (χ1n) is 7.05. The lowest BCUT2D eigenvalue weighted by molar-refractivity contribution is -0.115. The lowest BCUT2D eigenvalue weighted by Crippen LogP contribution is -2.14. The summed E-state index contributed by atoms with van der Waals surface area (Å²) in [6, 6.07) is 3.56. The smallest absolute Gasteiger partial charge is 0.233 e. The second-order valence-corrected chi connectivity index (χ2v) is 5.53. The maximum absolute atomic E-state index is 11.9. The third kappa shape index (κ3) is 3.30. The van der Waals surface area contributed by atoms with Crippen LogP contribution < -0.4 is 5.32 Å². The number of carbonyl (C=O) groups excluding carboxylic acids is 1. The molecule has 0 unspecified atom stereocenters. The number of amides is 1. The zero-order chi connectivity index (χ0) is 14.8. The van der Waals surface area contributed by atoms with E-state index in [0.29, 0.717) is 11.6 Å². The number of nitrogens with zero attached hydrogens (tertiary/aromatic N) is 2. The first kappa shape index (κ1) is 13.8. The first-order chi connectivity index (χ1) is 10.1. The van der Waals surface area contributed by atoms with Crippen LogP contribution in [0.5, 0.6) is 0 Å². The molecule has 2 aromatic heterocycles. The van der Waals surface area contributed by atoms with Crippen molar-refractivity contribution in [1.29, 1.82) is 0 Å². The second kappa shape index (κ2) is 5.69. The number of rotatable bonds is 4. The summed E-state index contributed by atoms with van der Waals surface area (Å²) < 4.78 is 5.01. The van der Waals surface area contributed by atoms with Crippen LogP contribution in [0.1, 0.15) is 42.3 Å². The second-order valence-electron chi connectivity index (χ2n) is 5.53.